The largest absolute Gasteiger partial charge is 0.379 e. The summed E-state index contributed by atoms with van der Waals surface area (Å²) in [6.45, 7) is 9.38. The molecule has 0 radical (unpaired) electrons. The van der Waals surface area contributed by atoms with Crippen molar-refractivity contribution in [2.75, 3.05) is 20.2 Å². The fraction of sp³-hybridized carbons (Fsp3) is 1.00. The quantitative estimate of drug-likeness (QED) is 0.466. The fourth-order valence-electron chi connectivity index (χ4n) is 3.33. The van der Waals surface area contributed by atoms with E-state index in [9.17, 15) is 0 Å². The molecule has 0 aromatic heterocycles. The molecule has 1 rings (SSSR count). The lowest BCUT2D eigenvalue weighted by molar-refractivity contribution is -0.0870. The molecule has 0 bridgehead atoms. The van der Waals surface area contributed by atoms with Crippen LogP contribution in [0.4, 0.5) is 0 Å². The predicted molar refractivity (Wildman–Crippen MR) is 88.3 cm³/mol. The molecule has 0 saturated carbocycles. The highest BCUT2D eigenvalue weighted by Gasteiger charge is 2.39. The van der Waals surface area contributed by atoms with Crippen molar-refractivity contribution in [2.24, 2.45) is 0 Å². The second kappa shape index (κ2) is 9.78. The van der Waals surface area contributed by atoms with Gasteiger partial charge in [0.2, 0.25) is 0 Å². The van der Waals surface area contributed by atoms with E-state index in [0.29, 0.717) is 11.6 Å². The van der Waals surface area contributed by atoms with Crippen LogP contribution in [0.1, 0.15) is 85.0 Å². The lowest BCUT2D eigenvalue weighted by atomic mass is 9.84. The normalized spacial score (nSPS) is 19.8. The minimum Gasteiger partial charge on any atom is -0.379 e. The number of unbranched alkanes of at least 4 members (excludes halogenated alkanes) is 6. The molecule has 1 fully saturated rings. The number of likely N-dealkylation sites (tertiary alicyclic amines) is 1. The summed E-state index contributed by atoms with van der Waals surface area (Å²) in [5.74, 6) is 0. The van der Waals surface area contributed by atoms with Gasteiger partial charge in [0.1, 0.15) is 0 Å². The predicted octanol–water partition coefficient (Wildman–Crippen LogP) is 5.02. The number of ether oxygens (including phenoxy) is 1. The third kappa shape index (κ3) is 5.73. The molecule has 1 saturated heterocycles. The summed E-state index contributed by atoms with van der Waals surface area (Å²) in [4.78, 5) is 2.68. The zero-order valence-corrected chi connectivity index (χ0v) is 14.4. The lowest BCUT2D eigenvalue weighted by Crippen LogP contribution is -2.61. The smallest absolute Gasteiger partial charge is 0.0825 e. The average molecular weight is 284 g/mol. The van der Waals surface area contributed by atoms with Gasteiger partial charge in [0.05, 0.1) is 6.10 Å². The van der Waals surface area contributed by atoms with Crippen LogP contribution in [0, 0.1) is 0 Å². The molecular weight excluding hydrogens is 246 g/mol. The van der Waals surface area contributed by atoms with E-state index >= 15 is 0 Å². The molecular formula is C18H37NO. The van der Waals surface area contributed by atoms with E-state index in [2.05, 4.69) is 25.7 Å². The van der Waals surface area contributed by atoms with Crippen LogP contribution in [0.5, 0.6) is 0 Å². The maximum Gasteiger partial charge on any atom is 0.0825 e. The first-order valence-corrected chi connectivity index (χ1v) is 8.94. The number of rotatable bonds is 12. The number of hydrogen-bond donors (Lipinski definition) is 0. The van der Waals surface area contributed by atoms with Crippen LogP contribution >= 0.6 is 0 Å². The zero-order chi connectivity index (χ0) is 14.8. The van der Waals surface area contributed by atoms with Gasteiger partial charge in [0.15, 0.2) is 0 Å². The Morgan fingerprint density at radius 2 is 1.40 bits per heavy atom. The van der Waals surface area contributed by atoms with Crippen molar-refractivity contribution in [3.63, 3.8) is 0 Å². The maximum atomic E-state index is 5.45. The highest BCUT2D eigenvalue weighted by Crippen LogP contribution is 2.33. The fourth-order valence-corrected chi connectivity index (χ4v) is 3.33. The molecule has 1 aliphatic rings. The summed E-state index contributed by atoms with van der Waals surface area (Å²) in [5, 5.41) is 0. The van der Waals surface area contributed by atoms with Crippen molar-refractivity contribution in [1.29, 1.82) is 0 Å². The van der Waals surface area contributed by atoms with Gasteiger partial charge in [-0.15, -0.1) is 0 Å². The van der Waals surface area contributed by atoms with Crippen molar-refractivity contribution in [2.45, 2.75) is 96.6 Å². The minimum absolute atomic E-state index is 0.427. The van der Waals surface area contributed by atoms with Crippen LogP contribution < -0.4 is 0 Å². The third-order valence-corrected chi connectivity index (χ3v) is 5.08. The number of methoxy groups -OCH3 is 1. The van der Waals surface area contributed by atoms with Crippen molar-refractivity contribution in [1.82, 2.24) is 4.90 Å². The Balaban J connectivity index is 2.34. The van der Waals surface area contributed by atoms with Crippen LogP contribution in [-0.2, 0) is 4.74 Å². The van der Waals surface area contributed by atoms with E-state index < -0.39 is 0 Å². The van der Waals surface area contributed by atoms with E-state index in [1.165, 1.54) is 64.2 Å². The van der Waals surface area contributed by atoms with Gasteiger partial charge in [-0.3, -0.25) is 4.90 Å². The van der Waals surface area contributed by atoms with E-state index in [1.807, 2.05) is 7.11 Å². The highest BCUT2D eigenvalue weighted by molar-refractivity contribution is 4.94. The third-order valence-electron chi connectivity index (χ3n) is 5.08. The van der Waals surface area contributed by atoms with Crippen LogP contribution in [-0.4, -0.2) is 36.7 Å². The Morgan fingerprint density at radius 3 is 1.95 bits per heavy atom. The van der Waals surface area contributed by atoms with E-state index in [0.717, 1.165) is 13.1 Å². The molecule has 1 heterocycles. The standard InChI is InChI=1S/C18H37NO/c1-5-7-9-10-12-14-18(3,13-11-8-6-2)19-15-17(16-19)20-4/h17H,5-16H2,1-4H3. The molecule has 0 aromatic carbocycles. The molecule has 0 spiro atoms. The molecule has 1 aliphatic heterocycles. The monoisotopic (exact) mass is 283 g/mol. The minimum atomic E-state index is 0.427. The Morgan fingerprint density at radius 1 is 0.900 bits per heavy atom. The van der Waals surface area contributed by atoms with Gasteiger partial charge in [0.25, 0.3) is 0 Å². The summed E-state index contributed by atoms with van der Waals surface area (Å²) in [7, 11) is 1.85. The lowest BCUT2D eigenvalue weighted by Gasteiger charge is -2.50. The molecule has 120 valence electrons. The summed E-state index contributed by atoms with van der Waals surface area (Å²) >= 11 is 0. The Hall–Kier alpha value is -0.0800. The van der Waals surface area contributed by atoms with Crippen molar-refractivity contribution >= 4 is 0 Å². The van der Waals surface area contributed by atoms with Crippen LogP contribution in [0.25, 0.3) is 0 Å². The molecule has 0 aliphatic carbocycles. The summed E-state index contributed by atoms with van der Waals surface area (Å²) in [6.07, 6.45) is 14.3. The van der Waals surface area contributed by atoms with Gasteiger partial charge in [-0.25, -0.2) is 0 Å². The average Bonchev–Trinajstić information content (AvgIpc) is 2.38. The first-order valence-electron chi connectivity index (χ1n) is 8.94. The van der Waals surface area contributed by atoms with Crippen molar-refractivity contribution in [3.05, 3.63) is 0 Å². The van der Waals surface area contributed by atoms with E-state index in [-0.39, 0.29) is 0 Å². The molecule has 0 amide bonds. The second-order valence-electron chi connectivity index (χ2n) is 6.88. The second-order valence-corrected chi connectivity index (χ2v) is 6.88. The topological polar surface area (TPSA) is 12.5 Å². The Labute approximate surface area is 127 Å². The van der Waals surface area contributed by atoms with Gasteiger partial charge < -0.3 is 4.74 Å². The number of hydrogen-bond acceptors (Lipinski definition) is 2. The van der Waals surface area contributed by atoms with Crippen molar-refractivity contribution < 1.29 is 4.74 Å². The first-order chi connectivity index (χ1) is 9.66. The van der Waals surface area contributed by atoms with Gasteiger partial charge >= 0.3 is 0 Å². The van der Waals surface area contributed by atoms with Gasteiger partial charge in [-0.2, -0.15) is 0 Å². The van der Waals surface area contributed by atoms with Gasteiger partial charge in [-0.05, 0) is 19.8 Å². The molecule has 20 heavy (non-hydrogen) atoms. The molecule has 0 aromatic rings. The summed E-state index contributed by atoms with van der Waals surface area (Å²) in [5.41, 5.74) is 0.427. The Kier molecular flexibility index (Phi) is 8.79. The SMILES string of the molecule is CCCCCCCC(C)(CCCCC)N1CC(OC)C1. The molecule has 1 atom stereocenters. The molecule has 2 heteroatoms. The van der Waals surface area contributed by atoms with Crippen LogP contribution in [0.3, 0.4) is 0 Å². The van der Waals surface area contributed by atoms with E-state index in [1.54, 1.807) is 0 Å². The van der Waals surface area contributed by atoms with Crippen molar-refractivity contribution in [3.8, 4) is 0 Å². The van der Waals surface area contributed by atoms with Gasteiger partial charge in [-0.1, -0.05) is 65.2 Å². The zero-order valence-electron chi connectivity index (χ0n) is 14.4. The molecule has 0 N–H and O–H groups in total. The number of nitrogens with zero attached hydrogens (tertiary/aromatic N) is 1. The summed E-state index contributed by atoms with van der Waals surface area (Å²) in [6, 6.07) is 0. The van der Waals surface area contributed by atoms with E-state index in [4.69, 9.17) is 4.74 Å². The highest BCUT2D eigenvalue weighted by atomic mass is 16.5. The summed E-state index contributed by atoms with van der Waals surface area (Å²) < 4.78 is 5.45. The first kappa shape index (κ1) is 18.0. The molecule has 2 nitrogen and oxygen atoms in total. The van der Waals surface area contributed by atoms with Crippen LogP contribution in [0.2, 0.25) is 0 Å². The maximum absolute atomic E-state index is 5.45. The molecule has 1 unspecified atom stereocenters. The van der Waals surface area contributed by atoms with Gasteiger partial charge in [0, 0.05) is 25.7 Å². The Bertz CT molecular complexity index is 238. The van der Waals surface area contributed by atoms with Crippen LogP contribution in [0.15, 0.2) is 0 Å².